The lowest BCUT2D eigenvalue weighted by Gasteiger charge is -2.28. The van der Waals surface area contributed by atoms with Crippen molar-refractivity contribution in [1.82, 2.24) is 19.6 Å². The second-order valence-corrected chi connectivity index (χ2v) is 10.9. The molecule has 2 bridgehead atoms. The molecule has 0 amide bonds. The summed E-state index contributed by atoms with van der Waals surface area (Å²) in [5.74, 6) is 1.88. The summed E-state index contributed by atoms with van der Waals surface area (Å²) in [7, 11) is 1.88. The van der Waals surface area contributed by atoms with Crippen LogP contribution in [0.25, 0.3) is 5.65 Å². The molecule has 3 aliphatic rings. The first-order valence-electron chi connectivity index (χ1n) is 12.4. The van der Waals surface area contributed by atoms with Crippen LogP contribution in [0.5, 0.6) is 11.6 Å². The van der Waals surface area contributed by atoms with Crippen molar-refractivity contribution in [3.05, 3.63) is 82.9 Å². The number of methoxy groups -OCH3 is 1. The summed E-state index contributed by atoms with van der Waals surface area (Å²) in [6.07, 6.45) is 11.7. The third-order valence-corrected chi connectivity index (χ3v) is 9.09. The highest BCUT2D eigenvalue weighted by atomic mass is 35.5. The zero-order valence-electron chi connectivity index (χ0n) is 19.7. The smallest absolute Gasteiger partial charge is 0.265 e. The Morgan fingerprint density at radius 3 is 2.31 bits per heavy atom. The van der Waals surface area contributed by atoms with E-state index in [0.29, 0.717) is 22.3 Å². The van der Waals surface area contributed by atoms with Gasteiger partial charge in [-0.05, 0) is 73.6 Å². The minimum Gasteiger partial charge on any atom is -0.434 e. The molecule has 0 unspecified atom stereocenters. The van der Waals surface area contributed by atoms with Gasteiger partial charge in [-0.3, -0.25) is 4.40 Å². The molecule has 2 heterocycles. The molecule has 4 aromatic rings. The highest BCUT2D eigenvalue weighted by molar-refractivity contribution is 6.32. The Bertz CT molecular complexity index is 1420. The Morgan fingerprint density at radius 2 is 1.63 bits per heavy atom. The van der Waals surface area contributed by atoms with Crippen LogP contribution in [-0.4, -0.2) is 32.3 Å². The fraction of sp³-hybridized carbons (Fsp3) is 0.393. The molecule has 0 radical (unpaired) electrons. The van der Waals surface area contributed by atoms with Gasteiger partial charge in [-0.25, -0.2) is 4.98 Å². The molecule has 7 rings (SSSR count). The minimum atomic E-state index is -0.125. The topological polar surface area (TPSA) is 61.5 Å². The van der Waals surface area contributed by atoms with E-state index in [2.05, 4.69) is 39.4 Å². The first-order valence-corrected chi connectivity index (χ1v) is 12.7. The van der Waals surface area contributed by atoms with Gasteiger partial charge in [-0.2, -0.15) is 0 Å². The van der Waals surface area contributed by atoms with Crippen molar-refractivity contribution in [2.24, 2.45) is 0 Å². The molecular weight excluding hydrogens is 460 g/mol. The van der Waals surface area contributed by atoms with Gasteiger partial charge in [-0.15, -0.1) is 10.2 Å². The quantitative estimate of drug-likeness (QED) is 0.322. The number of nitrogens with zero attached hydrogens (tertiary/aromatic N) is 4. The van der Waals surface area contributed by atoms with Crippen LogP contribution in [0.2, 0.25) is 5.02 Å². The molecule has 0 saturated heterocycles. The highest BCUT2D eigenvalue weighted by Crippen LogP contribution is 2.59. The van der Waals surface area contributed by atoms with E-state index < -0.39 is 0 Å². The third-order valence-electron chi connectivity index (χ3n) is 8.78. The predicted molar refractivity (Wildman–Crippen MR) is 133 cm³/mol. The molecule has 3 fully saturated rings. The number of benzene rings is 2. The molecule has 2 aromatic heterocycles. The van der Waals surface area contributed by atoms with Gasteiger partial charge in [0.2, 0.25) is 5.65 Å². The summed E-state index contributed by atoms with van der Waals surface area (Å²) in [6.45, 7) is 0. The van der Waals surface area contributed by atoms with E-state index >= 15 is 0 Å². The highest BCUT2D eigenvalue weighted by Gasteiger charge is 2.55. The van der Waals surface area contributed by atoms with Crippen molar-refractivity contribution in [3.63, 3.8) is 0 Å². The van der Waals surface area contributed by atoms with E-state index in [4.69, 9.17) is 21.1 Å². The van der Waals surface area contributed by atoms with E-state index in [9.17, 15) is 0 Å². The lowest BCUT2D eigenvalue weighted by molar-refractivity contribution is -0.000305. The number of hydrogen-bond acceptors (Lipinski definition) is 5. The number of aromatic nitrogens is 4. The molecule has 0 atom stereocenters. The number of ether oxygens (including phenoxy) is 2. The lowest BCUT2D eigenvalue weighted by atomic mass is 9.77. The molecule has 7 heteroatoms. The van der Waals surface area contributed by atoms with Crippen LogP contribution in [0, 0.1) is 0 Å². The fourth-order valence-corrected chi connectivity index (χ4v) is 6.74. The monoisotopic (exact) mass is 486 g/mol. The Hall–Kier alpha value is -2.96. The summed E-state index contributed by atoms with van der Waals surface area (Å²) in [5.41, 5.74) is 3.61. The van der Waals surface area contributed by atoms with Gasteiger partial charge in [0.25, 0.3) is 5.88 Å². The van der Waals surface area contributed by atoms with Gasteiger partial charge < -0.3 is 9.47 Å². The Labute approximate surface area is 209 Å². The molecule has 2 aromatic carbocycles. The van der Waals surface area contributed by atoms with Gasteiger partial charge in [0.1, 0.15) is 11.6 Å². The van der Waals surface area contributed by atoms with E-state index in [-0.39, 0.29) is 16.4 Å². The summed E-state index contributed by atoms with van der Waals surface area (Å²) in [5, 5.41) is 9.63. The normalized spacial score (nSPS) is 26.3. The van der Waals surface area contributed by atoms with Crippen LogP contribution in [0.3, 0.4) is 0 Å². The molecular formula is C28H27ClN4O2. The number of para-hydroxylation sites is 1. The number of rotatable bonds is 6. The Balaban J connectivity index is 1.21. The molecule has 3 saturated carbocycles. The minimum absolute atomic E-state index is 0.106. The van der Waals surface area contributed by atoms with Crippen LogP contribution in [0.15, 0.2) is 60.9 Å². The average molecular weight is 487 g/mol. The standard InChI is InChI=1S/C28H27ClN4O2/c1-34-27-12-10-26(18-27,11-13-27)19-6-8-20(9-7-19)28(14-15-28)25-32-31-23-24(30-16-17-33(23)25)35-22-5-3-2-4-21(22)29/h2-9,16-17H,10-15,18H2,1H3. The van der Waals surface area contributed by atoms with Crippen LogP contribution in [-0.2, 0) is 15.6 Å². The summed E-state index contributed by atoms with van der Waals surface area (Å²) in [4.78, 5) is 4.41. The van der Waals surface area contributed by atoms with E-state index in [0.717, 1.165) is 25.1 Å². The molecule has 178 valence electrons. The number of hydrogen-bond donors (Lipinski definition) is 0. The molecule has 0 N–H and O–H groups in total. The Kier molecular flexibility index (Phi) is 4.58. The van der Waals surface area contributed by atoms with Gasteiger partial charge in [0, 0.05) is 19.5 Å². The molecule has 6 nitrogen and oxygen atoms in total. The molecule has 3 aliphatic carbocycles. The van der Waals surface area contributed by atoms with E-state index in [1.807, 2.05) is 35.9 Å². The fourth-order valence-electron chi connectivity index (χ4n) is 6.56. The first-order chi connectivity index (χ1) is 17.1. The molecule has 0 spiro atoms. The van der Waals surface area contributed by atoms with Crippen molar-refractivity contribution in [2.45, 2.75) is 61.4 Å². The lowest BCUT2D eigenvalue weighted by Crippen LogP contribution is -2.24. The van der Waals surface area contributed by atoms with Gasteiger partial charge in [0.05, 0.1) is 16.0 Å². The summed E-state index contributed by atoms with van der Waals surface area (Å²) >= 11 is 6.29. The summed E-state index contributed by atoms with van der Waals surface area (Å²) < 4.78 is 14.0. The van der Waals surface area contributed by atoms with Gasteiger partial charge in [-0.1, -0.05) is 48.0 Å². The van der Waals surface area contributed by atoms with E-state index in [1.165, 1.54) is 36.8 Å². The average Bonchev–Trinajstić information content (AvgIpc) is 3.26. The SMILES string of the molecule is COC12CCC(c3ccc(C4(c5nnc6c(Oc7ccccc7Cl)nccn56)CC4)cc3)(CC1)C2. The second-order valence-electron chi connectivity index (χ2n) is 10.5. The predicted octanol–water partition coefficient (Wildman–Crippen LogP) is 6.25. The second kappa shape index (κ2) is 7.52. The van der Waals surface area contributed by atoms with Crippen LogP contribution >= 0.6 is 11.6 Å². The van der Waals surface area contributed by atoms with Crippen molar-refractivity contribution >= 4 is 17.2 Å². The summed E-state index contributed by atoms with van der Waals surface area (Å²) in [6, 6.07) is 16.7. The maximum atomic E-state index is 6.29. The zero-order valence-corrected chi connectivity index (χ0v) is 20.5. The van der Waals surface area contributed by atoms with Crippen LogP contribution in [0.4, 0.5) is 0 Å². The van der Waals surface area contributed by atoms with Crippen molar-refractivity contribution < 1.29 is 9.47 Å². The molecule has 35 heavy (non-hydrogen) atoms. The van der Waals surface area contributed by atoms with Crippen LogP contribution in [0.1, 0.15) is 61.9 Å². The number of fused-ring (bicyclic) bond motifs is 3. The first kappa shape index (κ1) is 21.3. The Morgan fingerprint density at radius 1 is 0.886 bits per heavy atom. The van der Waals surface area contributed by atoms with Gasteiger partial charge >= 0.3 is 0 Å². The number of halogens is 1. The largest absolute Gasteiger partial charge is 0.434 e. The van der Waals surface area contributed by atoms with Crippen LogP contribution < -0.4 is 4.74 Å². The van der Waals surface area contributed by atoms with Crippen molar-refractivity contribution in [2.75, 3.05) is 7.11 Å². The van der Waals surface area contributed by atoms with Crippen molar-refractivity contribution in [3.8, 4) is 11.6 Å². The maximum absolute atomic E-state index is 6.29. The third kappa shape index (κ3) is 3.16. The van der Waals surface area contributed by atoms with E-state index in [1.54, 1.807) is 12.3 Å². The van der Waals surface area contributed by atoms with Gasteiger partial charge in [0.15, 0.2) is 0 Å². The zero-order chi connectivity index (χ0) is 23.7. The maximum Gasteiger partial charge on any atom is 0.265 e. The molecule has 0 aliphatic heterocycles. The van der Waals surface area contributed by atoms with Crippen molar-refractivity contribution in [1.29, 1.82) is 0 Å².